The molecule has 0 aliphatic carbocycles. The number of carbonyl (C=O) groups is 1. The van der Waals surface area contributed by atoms with E-state index in [9.17, 15) is 4.79 Å². The third-order valence-corrected chi connectivity index (χ3v) is 3.74. The van der Waals surface area contributed by atoms with Crippen molar-refractivity contribution in [3.63, 3.8) is 0 Å². The Labute approximate surface area is 154 Å². The Morgan fingerprint density at radius 2 is 1.88 bits per heavy atom. The van der Waals surface area contributed by atoms with Gasteiger partial charge in [0.25, 0.3) is 0 Å². The van der Waals surface area contributed by atoms with Gasteiger partial charge in [-0.1, -0.05) is 40.9 Å². The van der Waals surface area contributed by atoms with Crippen LogP contribution in [0.5, 0.6) is 5.75 Å². The minimum Gasteiger partial charge on any atom is -0.488 e. The number of hydrogen-bond donors (Lipinski definition) is 1. The molecule has 0 saturated heterocycles. The van der Waals surface area contributed by atoms with Crippen LogP contribution in [0.25, 0.3) is 0 Å². The lowest BCUT2D eigenvalue weighted by Crippen LogP contribution is -2.16. The van der Waals surface area contributed by atoms with Crippen LogP contribution in [0, 0.1) is 0 Å². The summed E-state index contributed by atoms with van der Waals surface area (Å²) in [5.74, 6) is 0.529. The topological polar surface area (TPSA) is 59.9 Å². The number of methoxy groups -OCH3 is 1. The molecule has 0 atom stereocenters. The molecule has 2 aromatic rings. The minimum absolute atomic E-state index is 0.239. The average molecular weight is 388 g/mol. The molecule has 0 radical (unpaired) electrons. The number of halogens is 3. The van der Waals surface area contributed by atoms with Crippen molar-refractivity contribution in [2.24, 2.45) is 5.10 Å². The first-order chi connectivity index (χ1) is 11.5. The molecule has 0 aromatic heterocycles. The van der Waals surface area contributed by atoms with Gasteiger partial charge < -0.3 is 9.47 Å². The Morgan fingerprint density at radius 3 is 2.58 bits per heavy atom. The summed E-state index contributed by atoms with van der Waals surface area (Å²) in [4.78, 5) is 11.0. The highest BCUT2D eigenvalue weighted by Gasteiger charge is 2.07. The van der Waals surface area contributed by atoms with Crippen molar-refractivity contribution in [1.82, 2.24) is 5.43 Å². The fourth-order valence-corrected chi connectivity index (χ4v) is 2.39. The molecule has 0 saturated carbocycles. The number of nitrogens with zero attached hydrogens (tertiary/aromatic N) is 1. The van der Waals surface area contributed by atoms with Crippen LogP contribution in [0.1, 0.15) is 11.1 Å². The van der Waals surface area contributed by atoms with Crippen molar-refractivity contribution < 1.29 is 14.3 Å². The summed E-state index contributed by atoms with van der Waals surface area (Å²) >= 11 is 18.0. The lowest BCUT2D eigenvalue weighted by atomic mass is 10.2. The van der Waals surface area contributed by atoms with Crippen LogP contribution in [-0.4, -0.2) is 19.4 Å². The van der Waals surface area contributed by atoms with Gasteiger partial charge in [0.2, 0.25) is 0 Å². The Balaban J connectivity index is 2.13. The fraction of sp³-hybridized carbons (Fsp3) is 0.125. The van der Waals surface area contributed by atoms with Crippen LogP contribution in [0.15, 0.2) is 41.5 Å². The van der Waals surface area contributed by atoms with E-state index in [1.165, 1.54) is 13.3 Å². The molecule has 8 heteroatoms. The second-order valence-corrected chi connectivity index (χ2v) is 5.85. The Kier molecular flexibility index (Phi) is 6.73. The van der Waals surface area contributed by atoms with E-state index in [0.29, 0.717) is 26.4 Å². The Bertz CT molecular complexity index is 766. The van der Waals surface area contributed by atoms with Crippen molar-refractivity contribution in [3.8, 4) is 5.75 Å². The lowest BCUT2D eigenvalue weighted by molar-refractivity contribution is 0.171. The monoisotopic (exact) mass is 386 g/mol. The first-order valence-corrected chi connectivity index (χ1v) is 7.86. The summed E-state index contributed by atoms with van der Waals surface area (Å²) in [7, 11) is 1.24. The van der Waals surface area contributed by atoms with Gasteiger partial charge in [0.05, 0.1) is 13.3 Å². The number of carbonyl (C=O) groups excluding carboxylic acids is 1. The number of ether oxygens (including phenoxy) is 2. The summed E-state index contributed by atoms with van der Waals surface area (Å²) < 4.78 is 10.2. The fourth-order valence-electron chi connectivity index (χ4n) is 1.75. The first-order valence-electron chi connectivity index (χ1n) is 6.73. The molecule has 0 fully saturated rings. The van der Waals surface area contributed by atoms with Crippen molar-refractivity contribution >= 4 is 47.1 Å². The molecule has 0 spiro atoms. The maximum absolute atomic E-state index is 11.0. The number of amides is 1. The molecule has 0 bridgehead atoms. The molecule has 0 unspecified atom stereocenters. The molecule has 0 aliphatic rings. The van der Waals surface area contributed by atoms with Crippen molar-refractivity contribution in [3.05, 3.63) is 62.6 Å². The van der Waals surface area contributed by atoms with E-state index in [-0.39, 0.29) is 6.61 Å². The predicted molar refractivity (Wildman–Crippen MR) is 95.4 cm³/mol. The van der Waals surface area contributed by atoms with Gasteiger partial charge in [0.1, 0.15) is 12.4 Å². The highest BCUT2D eigenvalue weighted by atomic mass is 35.5. The highest BCUT2D eigenvalue weighted by molar-refractivity contribution is 6.35. The molecule has 24 heavy (non-hydrogen) atoms. The van der Waals surface area contributed by atoms with Crippen LogP contribution in [0.4, 0.5) is 4.79 Å². The summed E-state index contributed by atoms with van der Waals surface area (Å²) in [5, 5.41) is 5.34. The Hall–Kier alpha value is -1.95. The van der Waals surface area contributed by atoms with Gasteiger partial charge in [-0.2, -0.15) is 5.10 Å². The van der Waals surface area contributed by atoms with Gasteiger partial charge in [-0.25, -0.2) is 10.2 Å². The van der Waals surface area contributed by atoms with Gasteiger partial charge >= 0.3 is 6.09 Å². The second-order valence-electron chi connectivity index (χ2n) is 4.57. The average Bonchev–Trinajstić information content (AvgIpc) is 2.55. The number of rotatable bonds is 5. The number of hydrazone groups is 1. The zero-order valence-corrected chi connectivity index (χ0v) is 14.8. The van der Waals surface area contributed by atoms with Crippen LogP contribution in [0.3, 0.4) is 0 Å². The van der Waals surface area contributed by atoms with Crippen LogP contribution in [0.2, 0.25) is 15.1 Å². The molecule has 0 aliphatic heterocycles. The van der Waals surface area contributed by atoms with Crippen LogP contribution >= 0.6 is 34.8 Å². The summed E-state index contributed by atoms with van der Waals surface area (Å²) in [6, 6.07) is 10.2. The molecular formula is C16H13Cl3N2O3. The number of benzene rings is 2. The van der Waals surface area contributed by atoms with E-state index in [0.717, 1.165) is 5.56 Å². The first kappa shape index (κ1) is 18.4. The largest absolute Gasteiger partial charge is 0.488 e. The van der Waals surface area contributed by atoms with Crippen LogP contribution in [-0.2, 0) is 11.3 Å². The number of nitrogens with one attached hydrogen (secondary N) is 1. The van der Waals surface area contributed by atoms with Crippen molar-refractivity contribution in [2.45, 2.75) is 6.61 Å². The minimum atomic E-state index is -0.677. The van der Waals surface area contributed by atoms with Gasteiger partial charge in [0, 0.05) is 26.2 Å². The summed E-state index contributed by atoms with van der Waals surface area (Å²) in [6.07, 6.45) is 0.727. The van der Waals surface area contributed by atoms with Gasteiger partial charge in [-0.15, -0.1) is 0 Å². The Morgan fingerprint density at radius 1 is 1.17 bits per heavy atom. The summed E-state index contributed by atoms with van der Waals surface area (Å²) in [5.41, 5.74) is 3.56. The standard InChI is InChI=1S/C16H13Cl3N2O3/c1-23-16(22)21-20-8-11-6-12(17)4-5-15(11)24-9-10-2-3-13(18)7-14(10)19/h2-8H,9H2,1H3,(H,21,22). The van der Waals surface area contributed by atoms with Gasteiger partial charge in [0.15, 0.2) is 0 Å². The van der Waals surface area contributed by atoms with E-state index < -0.39 is 6.09 Å². The summed E-state index contributed by atoms with van der Waals surface area (Å²) in [6.45, 7) is 0.239. The lowest BCUT2D eigenvalue weighted by Gasteiger charge is -2.11. The quantitative estimate of drug-likeness (QED) is 0.585. The van der Waals surface area contributed by atoms with E-state index in [4.69, 9.17) is 39.5 Å². The smallest absolute Gasteiger partial charge is 0.427 e. The number of hydrogen-bond acceptors (Lipinski definition) is 4. The molecule has 5 nitrogen and oxygen atoms in total. The zero-order chi connectivity index (χ0) is 17.5. The third kappa shape index (κ3) is 5.30. The molecule has 0 heterocycles. The van der Waals surface area contributed by atoms with Crippen molar-refractivity contribution in [1.29, 1.82) is 0 Å². The maximum atomic E-state index is 11.0. The molecule has 2 rings (SSSR count). The van der Waals surface area contributed by atoms with E-state index in [1.54, 1.807) is 36.4 Å². The normalized spacial score (nSPS) is 10.7. The molecular weight excluding hydrogens is 375 g/mol. The molecule has 1 N–H and O–H groups in total. The van der Waals surface area contributed by atoms with Gasteiger partial charge in [-0.05, 0) is 30.3 Å². The zero-order valence-electron chi connectivity index (χ0n) is 12.6. The maximum Gasteiger partial charge on any atom is 0.427 e. The highest BCUT2D eigenvalue weighted by Crippen LogP contribution is 2.25. The SMILES string of the molecule is COC(=O)NN=Cc1cc(Cl)ccc1OCc1ccc(Cl)cc1Cl. The molecule has 1 amide bonds. The molecule has 2 aromatic carbocycles. The van der Waals surface area contributed by atoms with Crippen LogP contribution < -0.4 is 10.2 Å². The van der Waals surface area contributed by atoms with Crippen molar-refractivity contribution in [2.75, 3.05) is 7.11 Å². The third-order valence-electron chi connectivity index (χ3n) is 2.91. The predicted octanol–water partition coefficient (Wildman–Crippen LogP) is 4.92. The second kappa shape index (κ2) is 8.78. The van der Waals surface area contributed by atoms with E-state index in [1.807, 2.05) is 0 Å². The van der Waals surface area contributed by atoms with Gasteiger partial charge in [-0.3, -0.25) is 0 Å². The van der Waals surface area contributed by atoms with E-state index >= 15 is 0 Å². The molecule has 126 valence electrons. The van der Waals surface area contributed by atoms with E-state index in [2.05, 4.69) is 15.3 Å².